The monoisotopic (exact) mass is 288 g/mol. The van der Waals surface area contributed by atoms with Crippen LogP contribution in [0.2, 0.25) is 5.02 Å². The third kappa shape index (κ3) is 2.95. The maximum atomic E-state index is 13.7. The minimum Gasteiger partial charge on any atom is -0.322 e. The number of hydrogen-bond donors (Lipinski definition) is 1. The van der Waals surface area contributed by atoms with Crippen LogP contribution < -0.4 is 5.32 Å². The highest BCUT2D eigenvalue weighted by molar-refractivity contribution is 6.30. The molecule has 2 aromatic carbocycles. The summed E-state index contributed by atoms with van der Waals surface area (Å²) >= 11 is 5.64. The molecule has 2 rings (SSSR count). The van der Waals surface area contributed by atoms with Crippen molar-refractivity contribution >= 4 is 23.2 Å². The Kier molecular flexibility index (Phi) is 4.02. The molecule has 0 saturated carbocycles. The van der Waals surface area contributed by atoms with Crippen LogP contribution >= 0.6 is 11.6 Å². The Morgan fingerprint density at radius 2 is 2.05 bits per heavy atom. The molecule has 0 aliphatic heterocycles. The van der Waals surface area contributed by atoms with Crippen molar-refractivity contribution in [2.45, 2.75) is 6.92 Å². The number of rotatable bonds is 2. The summed E-state index contributed by atoms with van der Waals surface area (Å²) in [6.07, 6.45) is 0. The van der Waals surface area contributed by atoms with Gasteiger partial charge in [-0.2, -0.15) is 5.26 Å². The summed E-state index contributed by atoms with van der Waals surface area (Å²) in [7, 11) is 0. The van der Waals surface area contributed by atoms with Crippen molar-refractivity contribution in [3.8, 4) is 6.07 Å². The van der Waals surface area contributed by atoms with E-state index in [1.165, 1.54) is 12.1 Å². The van der Waals surface area contributed by atoms with Crippen LogP contribution in [0.3, 0.4) is 0 Å². The van der Waals surface area contributed by atoms with Crippen LogP contribution in [0.5, 0.6) is 0 Å². The standard InChI is InChI=1S/C15H10ClFN2O/c1-9-2-3-10(8-18)6-14(9)19-15(20)12-5-4-11(16)7-13(12)17/h2-7H,1H3,(H,19,20). The Morgan fingerprint density at radius 3 is 2.70 bits per heavy atom. The molecule has 0 atom stereocenters. The van der Waals surface area contributed by atoms with Crippen molar-refractivity contribution < 1.29 is 9.18 Å². The average molecular weight is 289 g/mol. The number of amides is 1. The average Bonchev–Trinajstić information content (AvgIpc) is 2.41. The van der Waals surface area contributed by atoms with E-state index in [-0.39, 0.29) is 10.6 Å². The molecule has 0 heterocycles. The van der Waals surface area contributed by atoms with Crippen molar-refractivity contribution in [3.05, 3.63) is 63.9 Å². The third-order valence-electron chi connectivity index (χ3n) is 2.79. The van der Waals surface area contributed by atoms with Crippen molar-refractivity contribution in [2.75, 3.05) is 5.32 Å². The molecule has 0 spiro atoms. The number of nitriles is 1. The first kappa shape index (κ1) is 14.0. The Hall–Kier alpha value is -2.38. The predicted molar refractivity (Wildman–Crippen MR) is 75.3 cm³/mol. The zero-order valence-corrected chi connectivity index (χ0v) is 11.3. The number of aryl methyl sites for hydroxylation is 1. The number of anilines is 1. The van der Waals surface area contributed by atoms with Crippen LogP contribution in [-0.4, -0.2) is 5.91 Å². The fraction of sp³-hybridized carbons (Fsp3) is 0.0667. The minimum atomic E-state index is -0.691. The predicted octanol–water partition coefficient (Wildman–Crippen LogP) is 3.91. The Balaban J connectivity index is 2.30. The van der Waals surface area contributed by atoms with Gasteiger partial charge in [0.15, 0.2) is 0 Å². The van der Waals surface area contributed by atoms with Crippen LogP contribution in [-0.2, 0) is 0 Å². The van der Waals surface area contributed by atoms with Gasteiger partial charge in [0.25, 0.3) is 5.91 Å². The highest BCUT2D eigenvalue weighted by Gasteiger charge is 2.13. The summed E-state index contributed by atoms with van der Waals surface area (Å²) in [4.78, 5) is 12.0. The lowest BCUT2D eigenvalue weighted by Crippen LogP contribution is -2.14. The molecule has 0 unspecified atom stereocenters. The van der Waals surface area contributed by atoms with Crippen LogP contribution in [0.25, 0.3) is 0 Å². The molecule has 100 valence electrons. The highest BCUT2D eigenvalue weighted by atomic mass is 35.5. The van der Waals surface area contributed by atoms with E-state index in [0.717, 1.165) is 11.6 Å². The molecule has 20 heavy (non-hydrogen) atoms. The Bertz CT molecular complexity index is 722. The van der Waals surface area contributed by atoms with Gasteiger partial charge in [0.05, 0.1) is 17.2 Å². The smallest absolute Gasteiger partial charge is 0.258 e. The van der Waals surface area contributed by atoms with E-state index in [1.54, 1.807) is 25.1 Å². The molecule has 1 N–H and O–H groups in total. The van der Waals surface area contributed by atoms with E-state index in [1.807, 2.05) is 6.07 Å². The Labute approximate surface area is 120 Å². The van der Waals surface area contributed by atoms with Gasteiger partial charge in [-0.3, -0.25) is 4.79 Å². The molecule has 0 radical (unpaired) electrons. The number of nitrogens with one attached hydrogen (secondary N) is 1. The molecule has 0 fully saturated rings. The van der Waals surface area contributed by atoms with Gasteiger partial charge in [-0.05, 0) is 42.8 Å². The second kappa shape index (κ2) is 5.72. The Morgan fingerprint density at radius 1 is 1.30 bits per heavy atom. The van der Waals surface area contributed by atoms with Crippen LogP contribution in [0.4, 0.5) is 10.1 Å². The lowest BCUT2D eigenvalue weighted by Gasteiger charge is -2.09. The van der Waals surface area contributed by atoms with Gasteiger partial charge >= 0.3 is 0 Å². The highest BCUT2D eigenvalue weighted by Crippen LogP contribution is 2.19. The van der Waals surface area contributed by atoms with Gasteiger partial charge < -0.3 is 5.32 Å². The first-order valence-corrected chi connectivity index (χ1v) is 6.16. The summed E-state index contributed by atoms with van der Waals surface area (Å²) in [6.45, 7) is 1.79. The summed E-state index contributed by atoms with van der Waals surface area (Å²) in [5.74, 6) is -1.28. The maximum absolute atomic E-state index is 13.7. The van der Waals surface area contributed by atoms with Gasteiger partial charge in [-0.1, -0.05) is 17.7 Å². The topological polar surface area (TPSA) is 52.9 Å². The first-order valence-electron chi connectivity index (χ1n) is 5.78. The van der Waals surface area contributed by atoms with Crippen molar-refractivity contribution in [3.63, 3.8) is 0 Å². The van der Waals surface area contributed by atoms with E-state index < -0.39 is 11.7 Å². The molecule has 2 aromatic rings. The van der Waals surface area contributed by atoms with Gasteiger partial charge in [-0.15, -0.1) is 0 Å². The molecular weight excluding hydrogens is 279 g/mol. The van der Waals surface area contributed by atoms with Crippen molar-refractivity contribution in [2.24, 2.45) is 0 Å². The van der Waals surface area contributed by atoms with Crippen molar-refractivity contribution in [1.29, 1.82) is 5.26 Å². The summed E-state index contributed by atoms with van der Waals surface area (Å²) < 4.78 is 13.7. The number of carbonyl (C=O) groups is 1. The summed E-state index contributed by atoms with van der Waals surface area (Å²) in [6, 6.07) is 10.7. The van der Waals surface area contributed by atoms with E-state index >= 15 is 0 Å². The largest absolute Gasteiger partial charge is 0.322 e. The fourth-order valence-corrected chi connectivity index (χ4v) is 1.85. The van der Waals surface area contributed by atoms with Gasteiger partial charge in [-0.25, -0.2) is 4.39 Å². The zero-order valence-electron chi connectivity index (χ0n) is 10.6. The second-order valence-electron chi connectivity index (χ2n) is 4.22. The van der Waals surface area contributed by atoms with E-state index in [9.17, 15) is 9.18 Å². The summed E-state index contributed by atoms with van der Waals surface area (Å²) in [5, 5.41) is 11.7. The van der Waals surface area contributed by atoms with E-state index in [4.69, 9.17) is 16.9 Å². The first-order chi connectivity index (χ1) is 9.51. The molecular formula is C15H10ClFN2O. The second-order valence-corrected chi connectivity index (χ2v) is 4.66. The molecule has 0 bridgehead atoms. The van der Waals surface area contributed by atoms with E-state index in [2.05, 4.69) is 5.32 Å². The molecule has 5 heteroatoms. The molecule has 0 aromatic heterocycles. The van der Waals surface area contributed by atoms with Crippen LogP contribution in [0.1, 0.15) is 21.5 Å². The maximum Gasteiger partial charge on any atom is 0.258 e. The van der Waals surface area contributed by atoms with Crippen LogP contribution in [0.15, 0.2) is 36.4 Å². The third-order valence-corrected chi connectivity index (χ3v) is 3.03. The molecule has 1 amide bonds. The van der Waals surface area contributed by atoms with Crippen molar-refractivity contribution in [1.82, 2.24) is 0 Å². The van der Waals surface area contributed by atoms with Gasteiger partial charge in [0.2, 0.25) is 0 Å². The minimum absolute atomic E-state index is 0.101. The molecule has 0 saturated heterocycles. The lowest BCUT2D eigenvalue weighted by molar-refractivity contribution is 0.102. The number of halogens is 2. The number of nitrogens with zero attached hydrogens (tertiary/aromatic N) is 1. The SMILES string of the molecule is Cc1ccc(C#N)cc1NC(=O)c1ccc(Cl)cc1F. The number of hydrogen-bond acceptors (Lipinski definition) is 2. The molecule has 0 aliphatic carbocycles. The number of carbonyl (C=O) groups excluding carboxylic acids is 1. The van der Waals surface area contributed by atoms with Gasteiger partial charge in [0, 0.05) is 10.7 Å². The molecule has 3 nitrogen and oxygen atoms in total. The number of benzene rings is 2. The fourth-order valence-electron chi connectivity index (χ4n) is 1.69. The normalized spacial score (nSPS) is 9.90. The van der Waals surface area contributed by atoms with E-state index in [0.29, 0.717) is 11.3 Å². The lowest BCUT2D eigenvalue weighted by atomic mass is 10.1. The van der Waals surface area contributed by atoms with Gasteiger partial charge in [0.1, 0.15) is 5.82 Å². The zero-order chi connectivity index (χ0) is 14.7. The van der Waals surface area contributed by atoms with Crippen LogP contribution in [0, 0.1) is 24.1 Å². The quantitative estimate of drug-likeness (QED) is 0.911. The summed E-state index contributed by atoms with van der Waals surface area (Å²) in [5.41, 5.74) is 1.58. The molecule has 0 aliphatic rings.